The molecule has 0 spiro atoms. The van der Waals surface area contributed by atoms with Gasteiger partial charge in [0.2, 0.25) is 10.0 Å². The number of esters is 1. The largest absolute Gasteiger partial charge is 0.425 e. The second kappa shape index (κ2) is 7.39. The molecule has 0 saturated heterocycles. The fourth-order valence-electron chi connectivity index (χ4n) is 2.03. The van der Waals surface area contributed by atoms with Gasteiger partial charge in [-0.1, -0.05) is 42.5 Å². The maximum atomic E-state index is 12.1. The molecule has 122 valence electrons. The van der Waals surface area contributed by atoms with Crippen molar-refractivity contribution in [3.8, 4) is 5.75 Å². The van der Waals surface area contributed by atoms with E-state index >= 15 is 0 Å². The third-order valence-corrected chi connectivity index (χ3v) is 4.64. The number of para-hydroxylation sites is 1. The topological polar surface area (TPSA) is 72.5 Å². The summed E-state index contributed by atoms with van der Waals surface area (Å²) in [5.41, 5.74) is 2.40. The lowest BCUT2D eigenvalue weighted by Gasteiger charge is -2.10. The van der Waals surface area contributed by atoms with Gasteiger partial charge in [-0.15, -0.1) is 0 Å². The van der Waals surface area contributed by atoms with Crippen LogP contribution in [0.15, 0.2) is 48.5 Å². The molecule has 0 aliphatic rings. The highest BCUT2D eigenvalue weighted by Gasteiger charge is 2.16. The molecule has 0 saturated carbocycles. The van der Waals surface area contributed by atoms with Crippen LogP contribution >= 0.6 is 0 Å². The molecule has 0 bridgehead atoms. The summed E-state index contributed by atoms with van der Waals surface area (Å²) >= 11 is 0. The van der Waals surface area contributed by atoms with Gasteiger partial charge in [-0.3, -0.25) is 4.79 Å². The zero-order valence-electron chi connectivity index (χ0n) is 13.1. The molecule has 0 radical (unpaired) electrons. The number of hydrogen-bond acceptors (Lipinski definition) is 4. The molecule has 0 aliphatic carbocycles. The van der Waals surface area contributed by atoms with E-state index in [0.29, 0.717) is 11.3 Å². The quantitative estimate of drug-likeness (QED) is 0.650. The molecule has 0 aromatic heterocycles. The van der Waals surface area contributed by atoms with E-state index in [1.165, 1.54) is 0 Å². The minimum absolute atomic E-state index is 0.169. The molecule has 0 aliphatic heterocycles. The highest BCUT2D eigenvalue weighted by atomic mass is 32.2. The lowest BCUT2D eigenvalue weighted by atomic mass is 10.1. The highest BCUT2D eigenvalue weighted by molar-refractivity contribution is 7.88. The molecule has 6 heteroatoms. The van der Waals surface area contributed by atoms with Crippen LogP contribution in [-0.2, 0) is 20.6 Å². The van der Waals surface area contributed by atoms with Crippen molar-refractivity contribution in [2.24, 2.45) is 0 Å². The number of benzene rings is 2. The molecule has 0 atom stereocenters. The average Bonchev–Trinajstić information content (AvgIpc) is 2.50. The standard InChI is InChI=1S/C17H19NO4S/c1-13-7-3-5-9-15(13)12-23(20,21)18-11-17(19)22-16-10-6-4-8-14(16)2/h3-10,18H,11-12H2,1-2H3. The summed E-state index contributed by atoms with van der Waals surface area (Å²) in [5.74, 6) is -0.389. The first-order chi connectivity index (χ1) is 10.9. The lowest BCUT2D eigenvalue weighted by Crippen LogP contribution is -2.33. The van der Waals surface area contributed by atoms with Crippen molar-refractivity contribution in [1.82, 2.24) is 4.72 Å². The Morgan fingerprint density at radius 1 is 1.00 bits per heavy atom. The third-order valence-electron chi connectivity index (χ3n) is 3.36. The SMILES string of the molecule is Cc1ccccc1CS(=O)(=O)NCC(=O)Oc1ccccc1C. The summed E-state index contributed by atoms with van der Waals surface area (Å²) in [4.78, 5) is 11.8. The summed E-state index contributed by atoms with van der Waals surface area (Å²) in [7, 11) is -3.61. The molecule has 1 N–H and O–H groups in total. The number of carbonyl (C=O) groups is 1. The van der Waals surface area contributed by atoms with Gasteiger partial charge in [0, 0.05) is 0 Å². The Labute approximate surface area is 136 Å². The second-order valence-corrected chi connectivity index (χ2v) is 7.05. The minimum Gasteiger partial charge on any atom is -0.425 e. The van der Waals surface area contributed by atoms with E-state index in [9.17, 15) is 13.2 Å². The molecule has 23 heavy (non-hydrogen) atoms. The second-order valence-electron chi connectivity index (χ2n) is 5.25. The number of nitrogens with one attached hydrogen (secondary N) is 1. The third kappa shape index (κ3) is 5.19. The Morgan fingerprint density at radius 3 is 2.26 bits per heavy atom. The van der Waals surface area contributed by atoms with Crippen molar-refractivity contribution in [3.63, 3.8) is 0 Å². The van der Waals surface area contributed by atoms with E-state index < -0.39 is 22.5 Å². The summed E-state index contributed by atoms with van der Waals surface area (Å²) in [6.07, 6.45) is 0. The summed E-state index contributed by atoms with van der Waals surface area (Å²) in [6, 6.07) is 14.3. The molecule has 5 nitrogen and oxygen atoms in total. The maximum absolute atomic E-state index is 12.1. The van der Waals surface area contributed by atoms with Gasteiger partial charge < -0.3 is 4.74 Å². The molecular weight excluding hydrogens is 314 g/mol. The molecule has 2 rings (SSSR count). The van der Waals surface area contributed by atoms with Gasteiger partial charge in [0.15, 0.2) is 0 Å². The van der Waals surface area contributed by atoms with Gasteiger partial charge in [0.05, 0.1) is 5.75 Å². The van der Waals surface area contributed by atoms with Gasteiger partial charge >= 0.3 is 5.97 Å². The van der Waals surface area contributed by atoms with Crippen LogP contribution in [0.5, 0.6) is 5.75 Å². The van der Waals surface area contributed by atoms with Crippen LogP contribution in [0.3, 0.4) is 0 Å². The van der Waals surface area contributed by atoms with Gasteiger partial charge in [-0.2, -0.15) is 0 Å². The lowest BCUT2D eigenvalue weighted by molar-refractivity contribution is -0.133. The number of aryl methyl sites for hydroxylation is 2. The van der Waals surface area contributed by atoms with Gasteiger partial charge in [-0.05, 0) is 36.6 Å². The van der Waals surface area contributed by atoms with Crippen LogP contribution in [0.4, 0.5) is 0 Å². The first kappa shape index (κ1) is 17.2. The molecular formula is C17H19NO4S. The van der Waals surface area contributed by atoms with Crippen molar-refractivity contribution >= 4 is 16.0 Å². The predicted molar refractivity (Wildman–Crippen MR) is 88.6 cm³/mol. The fourth-order valence-corrected chi connectivity index (χ4v) is 3.20. The molecule has 0 fully saturated rings. The Balaban J connectivity index is 1.93. The van der Waals surface area contributed by atoms with Crippen molar-refractivity contribution in [2.45, 2.75) is 19.6 Å². The monoisotopic (exact) mass is 333 g/mol. The van der Waals surface area contributed by atoms with Crippen LogP contribution in [0, 0.1) is 13.8 Å². The van der Waals surface area contributed by atoms with E-state index in [4.69, 9.17) is 4.74 Å². The van der Waals surface area contributed by atoms with E-state index in [2.05, 4.69) is 4.72 Å². The van der Waals surface area contributed by atoms with Gasteiger partial charge in [-0.25, -0.2) is 13.1 Å². The van der Waals surface area contributed by atoms with Crippen LogP contribution < -0.4 is 9.46 Å². The summed E-state index contributed by atoms with van der Waals surface area (Å²) < 4.78 is 31.5. The van der Waals surface area contributed by atoms with Crippen molar-refractivity contribution in [2.75, 3.05) is 6.54 Å². The zero-order valence-corrected chi connectivity index (χ0v) is 13.9. The average molecular weight is 333 g/mol. The first-order valence-corrected chi connectivity index (χ1v) is 8.81. The molecule has 2 aromatic rings. The number of ether oxygens (including phenoxy) is 1. The molecule has 2 aromatic carbocycles. The number of hydrogen-bond donors (Lipinski definition) is 1. The fraction of sp³-hybridized carbons (Fsp3) is 0.235. The van der Waals surface area contributed by atoms with Crippen molar-refractivity contribution in [1.29, 1.82) is 0 Å². The first-order valence-electron chi connectivity index (χ1n) is 7.15. The van der Waals surface area contributed by atoms with Gasteiger partial charge in [0.25, 0.3) is 0 Å². The van der Waals surface area contributed by atoms with Crippen LogP contribution in [0.1, 0.15) is 16.7 Å². The predicted octanol–water partition coefficient (Wildman–Crippen LogP) is 2.33. The molecule has 0 unspecified atom stereocenters. The molecule has 0 heterocycles. The van der Waals surface area contributed by atoms with Crippen LogP contribution in [0.25, 0.3) is 0 Å². The Kier molecular flexibility index (Phi) is 5.52. The van der Waals surface area contributed by atoms with Crippen LogP contribution in [-0.4, -0.2) is 20.9 Å². The Morgan fingerprint density at radius 2 is 1.61 bits per heavy atom. The maximum Gasteiger partial charge on any atom is 0.326 e. The normalized spacial score (nSPS) is 11.2. The van der Waals surface area contributed by atoms with E-state index in [1.54, 1.807) is 24.3 Å². The van der Waals surface area contributed by atoms with Crippen LogP contribution in [0.2, 0.25) is 0 Å². The summed E-state index contributed by atoms with van der Waals surface area (Å²) in [5, 5.41) is 0. The zero-order chi connectivity index (χ0) is 16.9. The summed E-state index contributed by atoms with van der Waals surface area (Å²) in [6.45, 7) is 3.25. The van der Waals surface area contributed by atoms with Crippen molar-refractivity contribution < 1.29 is 17.9 Å². The highest BCUT2D eigenvalue weighted by Crippen LogP contribution is 2.16. The Hall–Kier alpha value is -2.18. The minimum atomic E-state index is -3.61. The molecule has 0 amide bonds. The number of sulfonamides is 1. The van der Waals surface area contributed by atoms with Gasteiger partial charge in [0.1, 0.15) is 12.3 Å². The Bertz CT molecular complexity index is 800. The van der Waals surface area contributed by atoms with E-state index in [0.717, 1.165) is 11.1 Å². The smallest absolute Gasteiger partial charge is 0.326 e. The number of rotatable bonds is 6. The van der Waals surface area contributed by atoms with E-state index in [-0.39, 0.29) is 5.75 Å². The van der Waals surface area contributed by atoms with E-state index in [1.807, 2.05) is 38.1 Å². The number of carbonyl (C=O) groups excluding carboxylic acids is 1. The van der Waals surface area contributed by atoms with Crippen molar-refractivity contribution in [3.05, 3.63) is 65.2 Å².